The van der Waals surface area contributed by atoms with Crippen molar-refractivity contribution in [3.05, 3.63) is 46.4 Å². The number of hydrogen-bond donors (Lipinski definition) is 2. The van der Waals surface area contributed by atoms with Crippen molar-refractivity contribution in [2.45, 2.75) is 13.0 Å². The van der Waals surface area contributed by atoms with Crippen molar-refractivity contribution in [2.75, 3.05) is 24.8 Å². The van der Waals surface area contributed by atoms with Crippen LogP contribution < -0.4 is 19.2 Å². The molecule has 2 aromatic rings. The Labute approximate surface area is 183 Å². The third-order valence-corrected chi connectivity index (χ3v) is 5.92. The second-order valence-electron chi connectivity index (χ2n) is 6.22. The van der Waals surface area contributed by atoms with Gasteiger partial charge in [-0.05, 0) is 64.8 Å². The molecule has 0 saturated heterocycles. The van der Waals surface area contributed by atoms with E-state index in [2.05, 4.69) is 26.5 Å². The van der Waals surface area contributed by atoms with Crippen LogP contribution in [0.4, 0.5) is 5.69 Å². The lowest BCUT2D eigenvalue weighted by Gasteiger charge is -2.27. The summed E-state index contributed by atoms with van der Waals surface area (Å²) >= 11 is 3.20. The summed E-state index contributed by atoms with van der Waals surface area (Å²) in [4.78, 5) is 12.5. The molecule has 30 heavy (non-hydrogen) atoms. The topological polar surface area (TPSA) is 118 Å². The largest absolute Gasteiger partial charge is 0.503 e. The van der Waals surface area contributed by atoms with Gasteiger partial charge in [-0.15, -0.1) is 0 Å². The molecule has 0 saturated carbocycles. The Morgan fingerprint density at radius 1 is 1.23 bits per heavy atom. The first kappa shape index (κ1) is 23.5. The fourth-order valence-electron chi connectivity index (χ4n) is 2.63. The van der Waals surface area contributed by atoms with E-state index in [1.54, 1.807) is 30.3 Å². The summed E-state index contributed by atoms with van der Waals surface area (Å²) < 4.78 is 36.1. The van der Waals surface area contributed by atoms with E-state index >= 15 is 0 Å². The zero-order valence-corrected chi connectivity index (χ0v) is 19.2. The highest BCUT2D eigenvalue weighted by Crippen LogP contribution is 2.34. The van der Waals surface area contributed by atoms with Gasteiger partial charge < -0.3 is 14.6 Å². The zero-order chi connectivity index (χ0) is 22.5. The van der Waals surface area contributed by atoms with Crippen LogP contribution in [-0.4, -0.2) is 52.2 Å². The lowest BCUT2D eigenvalue weighted by atomic mass is 10.2. The summed E-state index contributed by atoms with van der Waals surface area (Å²) in [5.74, 6) is 0.102. The Morgan fingerprint density at radius 2 is 1.87 bits per heavy atom. The number of ether oxygens (including phenoxy) is 2. The molecule has 11 heteroatoms. The number of carbonyl (C=O) groups excluding carboxylic acids is 1. The molecular formula is C19H22BrN3O6S. The molecule has 0 bridgehead atoms. The standard InChI is InChI=1S/C19H22BrN3O6S/c1-12(23(30(4,26)27)14-5-7-15(28-2)8-6-14)19(25)22-21-11-13-9-16(20)18(24)17(10-13)29-3/h5-12,24H,1-4H3,(H,22,25)/b21-11-/t12-/m1/s1. The minimum atomic E-state index is -3.75. The molecule has 0 fully saturated rings. The number of anilines is 1. The van der Waals surface area contributed by atoms with Gasteiger partial charge in [-0.1, -0.05) is 0 Å². The average Bonchev–Trinajstić information content (AvgIpc) is 2.69. The number of methoxy groups -OCH3 is 2. The van der Waals surface area contributed by atoms with Gasteiger partial charge in [0, 0.05) is 0 Å². The van der Waals surface area contributed by atoms with E-state index < -0.39 is 22.0 Å². The van der Waals surface area contributed by atoms with Crippen molar-refractivity contribution in [3.8, 4) is 17.2 Å². The van der Waals surface area contributed by atoms with E-state index in [4.69, 9.17) is 9.47 Å². The van der Waals surface area contributed by atoms with Gasteiger partial charge in [-0.2, -0.15) is 5.10 Å². The van der Waals surface area contributed by atoms with E-state index in [0.29, 0.717) is 21.5 Å². The smallest absolute Gasteiger partial charge is 0.263 e. The number of amides is 1. The molecule has 0 aliphatic rings. The van der Waals surface area contributed by atoms with Crippen LogP contribution >= 0.6 is 15.9 Å². The van der Waals surface area contributed by atoms with Gasteiger partial charge in [0.05, 0.1) is 36.9 Å². The van der Waals surface area contributed by atoms with Crippen molar-refractivity contribution in [1.82, 2.24) is 5.43 Å². The van der Waals surface area contributed by atoms with Gasteiger partial charge in [0.25, 0.3) is 5.91 Å². The first-order valence-electron chi connectivity index (χ1n) is 8.61. The molecule has 0 heterocycles. The summed E-state index contributed by atoms with van der Waals surface area (Å²) in [6.45, 7) is 1.45. The summed E-state index contributed by atoms with van der Waals surface area (Å²) in [5, 5.41) is 13.7. The fourth-order valence-corrected chi connectivity index (χ4v) is 4.26. The van der Waals surface area contributed by atoms with E-state index in [-0.39, 0.29) is 11.5 Å². The number of sulfonamides is 1. The van der Waals surface area contributed by atoms with Gasteiger partial charge in [0.2, 0.25) is 10.0 Å². The SMILES string of the molecule is COc1ccc(N([C@H](C)C(=O)N/N=C\c2cc(Br)c(O)c(OC)c2)S(C)(=O)=O)cc1. The van der Waals surface area contributed by atoms with Gasteiger partial charge in [-0.3, -0.25) is 9.10 Å². The Morgan fingerprint density at radius 3 is 2.40 bits per heavy atom. The third kappa shape index (κ3) is 5.63. The van der Waals surface area contributed by atoms with E-state index in [9.17, 15) is 18.3 Å². The maximum atomic E-state index is 12.5. The van der Waals surface area contributed by atoms with E-state index in [1.807, 2.05) is 0 Å². The maximum Gasteiger partial charge on any atom is 0.263 e. The minimum Gasteiger partial charge on any atom is -0.503 e. The van der Waals surface area contributed by atoms with Crippen LogP contribution in [0.1, 0.15) is 12.5 Å². The predicted molar refractivity (Wildman–Crippen MR) is 118 cm³/mol. The Balaban J connectivity index is 2.19. The van der Waals surface area contributed by atoms with Crippen LogP contribution in [-0.2, 0) is 14.8 Å². The second kappa shape index (κ2) is 9.81. The van der Waals surface area contributed by atoms with Crippen molar-refractivity contribution >= 4 is 43.8 Å². The monoisotopic (exact) mass is 499 g/mol. The van der Waals surface area contributed by atoms with Crippen LogP contribution in [0.2, 0.25) is 0 Å². The number of hydrogen-bond acceptors (Lipinski definition) is 7. The number of benzene rings is 2. The molecule has 0 aromatic heterocycles. The molecule has 0 radical (unpaired) electrons. The van der Waals surface area contributed by atoms with Gasteiger partial charge in [0.1, 0.15) is 11.8 Å². The molecule has 0 aliphatic heterocycles. The number of rotatable bonds is 8. The molecule has 0 unspecified atom stereocenters. The molecule has 2 rings (SSSR count). The van der Waals surface area contributed by atoms with Crippen LogP contribution in [0.25, 0.3) is 0 Å². The van der Waals surface area contributed by atoms with Crippen LogP contribution in [0, 0.1) is 0 Å². The number of phenolic OH excluding ortho intramolecular Hbond substituents is 1. The highest BCUT2D eigenvalue weighted by molar-refractivity contribution is 9.10. The molecule has 9 nitrogen and oxygen atoms in total. The third-order valence-electron chi connectivity index (χ3n) is 4.07. The molecule has 2 N–H and O–H groups in total. The Kier molecular flexibility index (Phi) is 7.68. The number of nitrogens with one attached hydrogen (secondary N) is 1. The van der Waals surface area contributed by atoms with E-state index in [1.165, 1.54) is 33.4 Å². The lowest BCUT2D eigenvalue weighted by molar-refractivity contribution is -0.121. The molecule has 1 atom stereocenters. The number of carbonyl (C=O) groups is 1. The van der Waals surface area contributed by atoms with Crippen molar-refractivity contribution in [1.29, 1.82) is 0 Å². The molecule has 2 aromatic carbocycles. The predicted octanol–water partition coefficient (Wildman–Crippen LogP) is 2.48. The van der Waals surface area contributed by atoms with Crippen LogP contribution in [0.3, 0.4) is 0 Å². The maximum absolute atomic E-state index is 12.5. The molecule has 0 spiro atoms. The summed E-state index contributed by atoms with van der Waals surface area (Å²) in [7, 11) is -0.842. The highest BCUT2D eigenvalue weighted by atomic mass is 79.9. The number of hydrazone groups is 1. The van der Waals surface area contributed by atoms with Gasteiger partial charge in [0.15, 0.2) is 11.5 Å². The van der Waals surface area contributed by atoms with Gasteiger partial charge >= 0.3 is 0 Å². The zero-order valence-electron chi connectivity index (χ0n) is 16.8. The van der Waals surface area contributed by atoms with Crippen molar-refractivity contribution in [2.24, 2.45) is 5.10 Å². The lowest BCUT2D eigenvalue weighted by Crippen LogP contribution is -2.46. The minimum absolute atomic E-state index is 0.0596. The van der Waals surface area contributed by atoms with Crippen LogP contribution in [0.5, 0.6) is 17.2 Å². The van der Waals surface area contributed by atoms with Gasteiger partial charge in [-0.25, -0.2) is 13.8 Å². The van der Waals surface area contributed by atoms with Crippen molar-refractivity contribution in [3.63, 3.8) is 0 Å². The molecule has 162 valence electrons. The number of phenols is 1. The summed E-state index contributed by atoms with van der Waals surface area (Å²) in [5.41, 5.74) is 3.19. The second-order valence-corrected chi connectivity index (χ2v) is 8.93. The number of nitrogens with zero attached hydrogens (tertiary/aromatic N) is 2. The molecule has 1 amide bonds. The highest BCUT2D eigenvalue weighted by Gasteiger charge is 2.29. The fraction of sp³-hybridized carbons (Fsp3) is 0.263. The molecule has 0 aliphatic carbocycles. The van der Waals surface area contributed by atoms with Crippen LogP contribution in [0.15, 0.2) is 46.0 Å². The number of aromatic hydroxyl groups is 1. The summed E-state index contributed by atoms with van der Waals surface area (Å²) in [6, 6.07) is 8.35. The summed E-state index contributed by atoms with van der Waals surface area (Å²) in [6.07, 6.45) is 2.36. The molecular weight excluding hydrogens is 478 g/mol. The first-order chi connectivity index (χ1) is 14.1. The van der Waals surface area contributed by atoms with Crippen molar-refractivity contribution < 1.29 is 27.8 Å². The normalized spacial score (nSPS) is 12.4. The Hall–Kier alpha value is -2.79. The average molecular weight is 500 g/mol. The first-order valence-corrected chi connectivity index (χ1v) is 11.3. The van der Waals surface area contributed by atoms with E-state index in [0.717, 1.165) is 10.6 Å². The Bertz CT molecular complexity index is 1040. The number of halogens is 1. The quantitative estimate of drug-likeness (QED) is 0.425.